The van der Waals surface area contributed by atoms with Gasteiger partial charge < -0.3 is 10.4 Å². The lowest BCUT2D eigenvalue weighted by Gasteiger charge is -2.08. The quantitative estimate of drug-likeness (QED) is 0.326. The lowest BCUT2D eigenvalue weighted by molar-refractivity contribution is -0.0328. The van der Waals surface area contributed by atoms with Gasteiger partial charge in [0.15, 0.2) is 0 Å². The Kier molecular flexibility index (Phi) is 7.41. The number of aromatic hydroxyl groups is 1. The van der Waals surface area contributed by atoms with Gasteiger partial charge in [-0.25, -0.2) is 9.36 Å². The number of halogens is 4. The molecular formula is C24H18ClF3N4O3S. The SMILES string of the molecule is O=C(NCc1ccc(Cl)cc1)c1cc(Cn2cc(O)n(-c3ccc(SC(F)(F)F)cc3)c2=O)ccn1. The van der Waals surface area contributed by atoms with Crippen LogP contribution in [0.3, 0.4) is 0 Å². The molecule has 0 saturated carbocycles. The van der Waals surface area contributed by atoms with Crippen LogP contribution in [0.2, 0.25) is 5.02 Å². The predicted octanol–water partition coefficient (Wildman–Crippen LogP) is 4.98. The van der Waals surface area contributed by atoms with Crippen molar-refractivity contribution in [1.82, 2.24) is 19.4 Å². The molecule has 2 aromatic heterocycles. The number of pyridine rings is 1. The van der Waals surface area contributed by atoms with Crippen LogP contribution in [0.15, 0.2) is 82.7 Å². The minimum Gasteiger partial charge on any atom is -0.493 e. The first-order chi connectivity index (χ1) is 17.1. The van der Waals surface area contributed by atoms with Gasteiger partial charge in [0.25, 0.3) is 5.91 Å². The summed E-state index contributed by atoms with van der Waals surface area (Å²) in [6.07, 6.45) is 2.65. The Hall–Kier alpha value is -3.70. The number of aromatic nitrogens is 3. The molecule has 0 aliphatic carbocycles. The molecule has 2 aromatic carbocycles. The van der Waals surface area contributed by atoms with Gasteiger partial charge in [-0.15, -0.1) is 0 Å². The Morgan fingerprint density at radius 3 is 2.42 bits per heavy atom. The maximum absolute atomic E-state index is 12.9. The van der Waals surface area contributed by atoms with E-state index in [9.17, 15) is 27.9 Å². The third kappa shape index (κ3) is 6.29. The Balaban J connectivity index is 1.48. The highest BCUT2D eigenvalue weighted by Gasteiger charge is 2.29. The zero-order valence-corrected chi connectivity index (χ0v) is 19.9. The number of amides is 1. The summed E-state index contributed by atoms with van der Waals surface area (Å²) < 4.78 is 39.8. The van der Waals surface area contributed by atoms with Crippen LogP contribution in [0.25, 0.3) is 5.69 Å². The van der Waals surface area contributed by atoms with Crippen molar-refractivity contribution in [1.29, 1.82) is 0 Å². The molecule has 12 heteroatoms. The molecule has 0 aliphatic heterocycles. The molecular weight excluding hydrogens is 517 g/mol. The van der Waals surface area contributed by atoms with Crippen LogP contribution in [0, 0.1) is 0 Å². The largest absolute Gasteiger partial charge is 0.493 e. The molecule has 0 saturated heterocycles. The molecule has 2 N–H and O–H groups in total. The molecule has 186 valence electrons. The Morgan fingerprint density at radius 2 is 1.75 bits per heavy atom. The molecule has 0 fully saturated rings. The summed E-state index contributed by atoms with van der Waals surface area (Å²) in [5.74, 6) is -0.789. The van der Waals surface area contributed by atoms with E-state index in [-0.39, 0.29) is 47.0 Å². The average molecular weight is 535 g/mol. The number of hydrogen-bond acceptors (Lipinski definition) is 5. The predicted molar refractivity (Wildman–Crippen MR) is 130 cm³/mol. The van der Waals surface area contributed by atoms with Crippen molar-refractivity contribution in [3.63, 3.8) is 0 Å². The molecule has 36 heavy (non-hydrogen) atoms. The summed E-state index contributed by atoms with van der Waals surface area (Å²) in [5, 5.41) is 13.7. The molecule has 0 spiro atoms. The molecule has 0 bridgehead atoms. The lowest BCUT2D eigenvalue weighted by Crippen LogP contribution is -2.25. The van der Waals surface area contributed by atoms with E-state index in [0.717, 1.165) is 10.1 Å². The fourth-order valence-electron chi connectivity index (χ4n) is 3.40. The van der Waals surface area contributed by atoms with Crippen molar-refractivity contribution in [2.75, 3.05) is 0 Å². The molecule has 0 unspecified atom stereocenters. The molecule has 0 atom stereocenters. The summed E-state index contributed by atoms with van der Waals surface area (Å²) in [6, 6.07) is 15.2. The highest BCUT2D eigenvalue weighted by atomic mass is 35.5. The molecule has 7 nitrogen and oxygen atoms in total. The second-order valence-electron chi connectivity index (χ2n) is 7.63. The monoisotopic (exact) mass is 534 g/mol. The standard InChI is InChI=1S/C24H18ClF3N4O3S/c25-17-3-1-15(2-4-17)12-30-22(34)20-11-16(9-10-29-20)13-31-14-21(33)32(23(31)35)18-5-7-19(8-6-18)36-24(26,27)28/h1-11,14,33H,12-13H2,(H,30,34). The summed E-state index contributed by atoms with van der Waals surface area (Å²) in [4.78, 5) is 29.4. The first kappa shape index (κ1) is 25.4. The third-order valence-corrected chi connectivity index (χ3v) is 6.03. The van der Waals surface area contributed by atoms with Gasteiger partial charge in [-0.05, 0) is 71.4 Å². The van der Waals surface area contributed by atoms with E-state index in [4.69, 9.17) is 11.6 Å². The van der Waals surface area contributed by atoms with E-state index < -0.39 is 17.1 Å². The number of imidazole rings is 1. The molecule has 0 aliphatic rings. The number of carbonyl (C=O) groups is 1. The smallest absolute Gasteiger partial charge is 0.446 e. The highest BCUT2D eigenvalue weighted by Crippen LogP contribution is 2.37. The van der Waals surface area contributed by atoms with Crippen LogP contribution in [-0.2, 0) is 13.1 Å². The van der Waals surface area contributed by atoms with Gasteiger partial charge in [-0.3, -0.25) is 14.3 Å². The first-order valence-corrected chi connectivity index (χ1v) is 11.6. The number of nitrogens with one attached hydrogen (secondary N) is 1. The van der Waals surface area contributed by atoms with Crippen molar-refractivity contribution in [2.45, 2.75) is 23.5 Å². The van der Waals surface area contributed by atoms with E-state index >= 15 is 0 Å². The van der Waals surface area contributed by atoms with E-state index in [1.165, 1.54) is 47.3 Å². The first-order valence-electron chi connectivity index (χ1n) is 10.4. The van der Waals surface area contributed by atoms with Gasteiger partial charge in [-0.2, -0.15) is 13.2 Å². The number of nitrogens with zero attached hydrogens (tertiary/aromatic N) is 3. The highest BCUT2D eigenvalue weighted by molar-refractivity contribution is 8.00. The number of thioether (sulfide) groups is 1. The number of rotatable bonds is 7. The zero-order valence-electron chi connectivity index (χ0n) is 18.4. The normalized spacial score (nSPS) is 11.4. The van der Waals surface area contributed by atoms with E-state index in [1.54, 1.807) is 30.3 Å². The van der Waals surface area contributed by atoms with E-state index in [2.05, 4.69) is 10.3 Å². The molecule has 2 heterocycles. The third-order valence-electron chi connectivity index (χ3n) is 5.04. The van der Waals surface area contributed by atoms with Crippen LogP contribution in [0.1, 0.15) is 21.6 Å². The van der Waals surface area contributed by atoms with Crippen LogP contribution in [0.5, 0.6) is 5.88 Å². The van der Waals surface area contributed by atoms with E-state index in [0.29, 0.717) is 10.6 Å². The number of hydrogen-bond donors (Lipinski definition) is 2. The fourth-order valence-corrected chi connectivity index (χ4v) is 4.07. The van der Waals surface area contributed by atoms with Crippen molar-refractivity contribution in [3.05, 3.63) is 105 Å². The van der Waals surface area contributed by atoms with Gasteiger partial charge in [0.2, 0.25) is 5.88 Å². The van der Waals surface area contributed by atoms with Gasteiger partial charge in [0.1, 0.15) is 5.69 Å². The van der Waals surface area contributed by atoms with Gasteiger partial charge in [0.05, 0.1) is 18.4 Å². The van der Waals surface area contributed by atoms with Crippen LogP contribution in [0.4, 0.5) is 13.2 Å². The van der Waals surface area contributed by atoms with Gasteiger partial charge >= 0.3 is 11.2 Å². The van der Waals surface area contributed by atoms with Gasteiger partial charge in [-0.1, -0.05) is 23.7 Å². The number of carbonyl (C=O) groups excluding carboxylic acids is 1. The molecule has 0 radical (unpaired) electrons. The Morgan fingerprint density at radius 1 is 1.06 bits per heavy atom. The molecule has 4 rings (SSSR count). The van der Waals surface area contributed by atoms with Crippen LogP contribution >= 0.6 is 23.4 Å². The zero-order chi connectivity index (χ0) is 25.9. The second-order valence-corrected chi connectivity index (χ2v) is 9.21. The number of alkyl halides is 3. The minimum absolute atomic E-state index is 0.0292. The maximum atomic E-state index is 12.9. The summed E-state index contributed by atoms with van der Waals surface area (Å²) in [7, 11) is 0. The molecule has 1 amide bonds. The Labute approximate surface area is 212 Å². The summed E-state index contributed by atoms with van der Waals surface area (Å²) >= 11 is 5.59. The fraction of sp³-hybridized carbons (Fsp3) is 0.125. The Bertz CT molecular complexity index is 1430. The summed E-state index contributed by atoms with van der Waals surface area (Å²) in [5.41, 5.74) is -3.24. The number of benzene rings is 2. The van der Waals surface area contributed by atoms with Crippen LogP contribution in [-0.4, -0.2) is 30.6 Å². The van der Waals surface area contributed by atoms with Gasteiger partial charge in [0, 0.05) is 22.7 Å². The van der Waals surface area contributed by atoms with Crippen molar-refractivity contribution in [3.8, 4) is 11.6 Å². The average Bonchev–Trinajstić information content (AvgIpc) is 3.11. The lowest BCUT2D eigenvalue weighted by atomic mass is 10.2. The van der Waals surface area contributed by atoms with Crippen LogP contribution < -0.4 is 11.0 Å². The second kappa shape index (κ2) is 10.5. The summed E-state index contributed by atoms with van der Waals surface area (Å²) in [6.45, 7) is 0.305. The topological polar surface area (TPSA) is 89.2 Å². The van der Waals surface area contributed by atoms with Crippen molar-refractivity contribution >= 4 is 29.3 Å². The van der Waals surface area contributed by atoms with Crippen molar-refractivity contribution in [2.24, 2.45) is 0 Å². The van der Waals surface area contributed by atoms with Crippen molar-refractivity contribution < 1.29 is 23.1 Å². The molecule has 4 aromatic rings. The van der Waals surface area contributed by atoms with E-state index in [1.807, 2.05) is 0 Å². The minimum atomic E-state index is -4.43. The maximum Gasteiger partial charge on any atom is 0.446 e.